The Morgan fingerprint density at radius 1 is 1.10 bits per heavy atom. The van der Waals surface area contributed by atoms with Crippen LogP contribution >= 0.6 is 11.5 Å². The Kier molecular flexibility index (Phi) is 14.0. The molecule has 2 aromatic rings. The smallest absolute Gasteiger partial charge is 0.169 e. The van der Waals surface area contributed by atoms with Gasteiger partial charge < -0.3 is 14.2 Å². The number of rotatable bonds is 8. The zero-order valence-corrected chi connectivity index (χ0v) is 20.6. The molecule has 0 amide bonds. The summed E-state index contributed by atoms with van der Waals surface area (Å²) >= 11 is 1.36. The van der Waals surface area contributed by atoms with Crippen LogP contribution in [0.25, 0.3) is 16.0 Å². The highest BCUT2D eigenvalue weighted by Crippen LogP contribution is 2.45. The molecule has 0 radical (unpaired) electrons. The Morgan fingerprint density at radius 2 is 1.77 bits per heavy atom. The molecule has 2 rings (SSSR count). The Labute approximate surface area is 187 Å². The summed E-state index contributed by atoms with van der Waals surface area (Å²) in [7, 11) is 4.81. The van der Waals surface area contributed by atoms with Gasteiger partial charge in [-0.05, 0) is 42.9 Å². The van der Waals surface area contributed by atoms with Crippen molar-refractivity contribution in [1.29, 1.82) is 0 Å². The van der Waals surface area contributed by atoms with Gasteiger partial charge in [0, 0.05) is 23.4 Å². The van der Waals surface area contributed by atoms with Crippen LogP contribution in [0.15, 0.2) is 49.2 Å². The summed E-state index contributed by atoms with van der Waals surface area (Å²) < 4.78 is 20.5. The zero-order chi connectivity index (χ0) is 23.1. The van der Waals surface area contributed by atoms with Crippen molar-refractivity contribution in [2.75, 3.05) is 21.3 Å². The molecule has 0 unspecified atom stereocenters. The quantitative estimate of drug-likeness (QED) is 0.315. The third-order valence-corrected chi connectivity index (χ3v) is 5.04. The molecule has 5 heteroatoms. The van der Waals surface area contributed by atoms with Crippen molar-refractivity contribution < 1.29 is 14.2 Å². The summed E-state index contributed by atoms with van der Waals surface area (Å²) in [6, 6.07) is 3.68. The van der Waals surface area contributed by atoms with Crippen LogP contribution in [0.1, 0.15) is 53.0 Å². The number of ether oxygens (including phenoxy) is 3. The Bertz CT molecular complexity index is 822. The van der Waals surface area contributed by atoms with Crippen molar-refractivity contribution in [3.63, 3.8) is 0 Å². The molecule has 0 aliphatic heterocycles. The van der Waals surface area contributed by atoms with Crippen molar-refractivity contribution in [2.24, 2.45) is 0 Å². The number of benzene rings is 1. The van der Waals surface area contributed by atoms with Crippen LogP contribution in [-0.2, 0) is 0 Å². The first-order valence-corrected chi connectivity index (χ1v) is 11.0. The van der Waals surface area contributed by atoms with Gasteiger partial charge >= 0.3 is 0 Å². The van der Waals surface area contributed by atoms with Crippen LogP contribution in [0.4, 0.5) is 0 Å². The van der Waals surface area contributed by atoms with Crippen LogP contribution in [0, 0.1) is 0 Å². The van der Waals surface area contributed by atoms with Gasteiger partial charge in [0.25, 0.3) is 0 Å². The summed E-state index contributed by atoms with van der Waals surface area (Å²) in [6.45, 7) is 18.3. The average molecular weight is 432 g/mol. The molecule has 1 heterocycles. The fourth-order valence-electron chi connectivity index (χ4n) is 2.49. The van der Waals surface area contributed by atoms with Gasteiger partial charge in [0.2, 0.25) is 0 Å². The van der Waals surface area contributed by atoms with E-state index in [1.54, 1.807) is 39.7 Å². The lowest BCUT2D eigenvalue weighted by atomic mass is 10.0. The standard InChI is InChI=1S/C16H17NO3S.C7H14.C2H6/c1-6-10(2)13-9-17-21-16(13)12-7-11(18-3)8-14(19-4)15(12)20-5;1-4-6-7(3)5-2;1-2/h6-9H,1-2H2,3-5H3;6H,4-5H2,1-3H3;1-2H3/b;7-6-;. The van der Waals surface area contributed by atoms with E-state index in [-0.39, 0.29) is 0 Å². The van der Waals surface area contributed by atoms with Gasteiger partial charge in [0.15, 0.2) is 11.5 Å². The van der Waals surface area contributed by atoms with Gasteiger partial charge in [-0.15, -0.1) is 0 Å². The van der Waals surface area contributed by atoms with E-state index >= 15 is 0 Å². The van der Waals surface area contributed by atoms with Crippen molar-refractivity contribution in [3.05, 3.63) is 54.8 Å². The van der Waals surface area contributed by atoms with E-state index in [0.717, 1.165) is 21.6 Å². The molecule has 166 valence electrons. The zero-order valence-electron chi connectivity index (χ0n) is 19.8. The van der Waals surface area contributed by atoms with E-state index in [0.29, 0.717) is 17.2 Å². The summed E-state index contributed by atoms with van der Waals surface area (Å²) in [4.78, 5) is 0.939. The van der Waals surface area contributed by atoms with E-state index in [2.05, 4.69) is 44.4 Å². The highest BCUT2D eigenvalue weighted by molar-refractivity contribution is 7.10. The molecule has 1 aromatic carbocycles. The predicted molar refractivity (Wildman–Crippen MR) is 132 cm³/mol. The van der Waals surface area contributed by atoms with E-state index in [1.165, 1.54) is 29.9 Å². The topological polar surface area (TPSA) is 40.6 Å². The van der Waals surface area contributed by atoms with Gasteiger partial charge in [0.05, 0.1) is 26.2 Å². The molecule has 0 saturated carbocycles. The van der Waals surface area contributed by atoms with Crippen LogP contribution in [0.2, 0.25) is 0 Å². The Balaban J connectivity index is 0.000000795. The lowest BCUT2D eigenvalue weighted by Crippen LogP contribution is -1.95. The largest absolute Gasteiger partial charge is 0.497 e. The molecular weight excluding hydrogens is 394 g/mol. The van der Waals surface area contributed by atoms with Crippen LogP contribution < -0.4 is 14.2 Å². The molecule has 30 heavy (non-hydrogen) atoms. The summed E-state index contributed by atoms with van der Waals surface area (Å²) in [5.74, 6) is 1.93. The Morgan fingerprint density at radius 3 is 2.20 bits per heavy atom. The van der Waals surface area contributed by atoms with Gasteiger partial charge in [-0.25, -0.2) is 0 Å². The van der Waals surface area contributed by atoms with Crippen molar-refractivity contribution in [3.8, 4) is 27.7 Å². The molecule has 0 bridgehead atoms. The van der Waals surface area contributed by atoms with Gasteiger partial charge in [-0.1, -0.05) is 58.6 Å². The first kappa shape index (κ1) is 27.5. The lowest BCUT2D eigenvalue weighted by Gasteiger charge is -2.14. The molecule has 0 aliphatic rings. The summed E-state index contributed by atoms with van der Waals surface area (Å²) in [5, 5.41) is 0. The van der Waals surface area contributed by atoms with Crippen molar-refractivity contribution in [2.45, 2.75) is 47.5 Å². The number of allylic oxidation sites excluding steroid dienone is 4. The van der Waals surface area contributed by atoms with E-state index < -0.39 is 0 Å². The first-order valence-electron chi connectivity index (χ1n) is 10.2. The van der Waals surface area contributed by atoms with Crippen molar-refractivity contribution in [1.82, 2.24) is 4.37 Å². The SMILES string of the molecule is C=CC(=C)c1cnsc1-c1cc(OC)cc(OC)c1OC.CC.CC/C=C(/C)CC. The minimum atomic E-state index is 0.607. The highest BCUT2D eigenvalue weighted by atomic mass is 32.1. The summed E-state index contributed by atoms with van der Waals surface area (Å²) in [6.07, 6.45) is 8.13. The first-order chi connectivity index (χ1) is 14.5. The molecule has 0 N–H and O–H groups in total. The molecule has 4 nitrogen and oxygen atoms in total. The predicted octanol–water partition coefficient (Wildman–Crippen LogP) is 7.81. The second-order valence-corrected chi connectivity index (χ2v) is 6.82. The normalized spacial score (nSPS) is 10.1. The molecule has 0 aliphatic carbocycles. The second kappa shape index (κ2) is 15.3. The number of nitrogens with zero attached hydrogens (tertiary/aromatic N) is 1. The average Bonchev–Trinajstić information content (AvgIpc) is 3.29. The van der Waals surface area contributed by atoms with Crippen LogP contribution in [0.3, 0.4) is 0 Å². The number of aromatic nitrogens is 1. The van der Waals surface area contributed by atoms with Crippen LogP contribution in [-0.4, -0.2) is 25.7 Å². The van der Waals surface area contributed by atoms with Gasteiger partial charge in [-0.2, -0.15) is 4.37 Å². The number of hydrogen-bond acceptors (Lipinski definition) is 5. The molecule has 0 fully saturated rings. The molecule has 0 saturated heterocycles. The maximum Gasteiger partial charge on any atom is 0.169 e. The summed E-state index contributed by atoms with van der Waals surface area (Å²) in [5.41, 5.74) is 4.09. The molecule has 0 spiro atoms. The van der Waals surface area contributed by atoms with Gasteiger partial charge in [0.1, 0.15) is 5.75 Å². The number of hydrogen-bond donors (Lipinski definition) is 0. The van der Waals surface area contributed by atoms with Crippen molar-refractivity contribution >= 4 is 17.1 Å². The van der Waals surface area contributed by atoms with E-state index in [1.807, 2.05) is 19.9 Å². The lowest BCUT2D eigenvalue weighted by molar-refractivity contribution is 0.350. The maximum absolute atomic E-state index is 5.50. The minimum Gasteiger partial charge on any atom is -0.497 e. The Hall–Kier alpha value is -2.53. The molecule has 0 atom stereocenters. The monoisotopic (exact) mass is 431 g/mol. The molecular formula is C25H37NO3S. The van der Waals surface area contributed by atoms with Crippen LogP contribution in [0.5, 0.6) is 17.2 Å². The minimum absolute atomic E-state index is 0.607. The van der Waals surface area contributed by atoms with E-state index in [9.17, 15) is 0 Å². The van der Waals surface area contributed by atoms with E-state index in [4.69, 9.17) is 14.2 Å². The second-order valence-electron chi connectivity index (χ2n) is 6.02. The molecule has 1 aromatic heterocycles. The maximum atomic E-state index is 5.50. The third kappa shape index (κ3) is 7.71. The fraction of sp³-hybridized carbons (Fsp3) is 0.400. The van der Waals surface area contributed by atoms with Gasteiger partial charge in [-0.3, -0.25) is 0 Å². The number of methoxy groups -OCH3 is 3. The third-order valence-electron chi connectivity index (χ3n) is 4.21. The fourth-order valence-corrected chi connectivity index (χ4v) is 3.29. The highest BCUT2D eigenvalue weighted by Gasteiger charge is 2.19.